The van der Waals surface area contributed by atoms with E-state index < -0.39 is 16.0 Å². The summed E-state index contributed by atoms with van der Waals surface area (Å²) in [5, 5.41) is 10.1. The first-order valence-corrected chi connectivity index (χ1v) is 8.43. The number of hydrogen-bond donors (Lipinski definition) is 2. The molecule has 0 radical (unpaired) electrons. The molecule has 1 aromatic carbocycles. The summed E-state index contributed by atoms with van der Waals surface area (Å²) in [4.78, 5) is 10.7. The molecule has 0 saturated heterocycles. The Hall–Kier alpha value is -1.13. The monoisotopic (exact) mass is 409 g/mol. The van der Waals surface area contributed by atoms with Crippen molar-refractivity contribution in [3.05, 3.63) is 44.8 Å². The van der Waals surface area contributed by atoms with Crippen LogP contribution in [0.2, 0.25) is 0 Å². The molecule has 0 aliphatic heterocycles. The lowest BCUT2D eigenvalue weighted by molar-refractivity contribution is 0.0697. The number of sulfonamides is 1. The fourth-order valence-electron chi connectivity index (χ4n) is 1.29. The van der Waals surface area contributed by atoms with Gasteiger partial charge in [-0.15, -0.1) is 11.3 Å². The highest BCUT2D eigenvalue weighted by atomic mass is 127. The first kappa shape index (κ1) is 14.3. The summed E-state index contributed by atoms with van der Waals surface area (Å²) in [6.07, 6.45) is 0. The summed E-state index contributed by atoms with van der Waals surface area (Å²) >= 11 is 2.99. The zero-order valence-corrected chi connectivity index (χ0v) is 13.1. The van der Waals surface area contributed by atoms with Crippen molar-refractivity contribution in [1.82, 2.24) is 0 Å². The van der Waals surface area contributed by atoms with Crippen LogP contribution in [-0.2, 0) is 10.0 Å². The molecule has 0 fully saturated rings. The van der Waals surface area contributed by atoms with Gasteiger partial charge >= 0.3 is 5.97 Å². The Bertz CT molecular complexity index is 707. The third-order valence-corrected chi connectivity index (χ3v) is 5.72. The predicted molar refractivity (Wildman–Crippen MR) is 81.2 cm³/mol. The largest absolute Gasteiger partial charge is 0.478 e. The van der Waals surface area contributed by atoms with Gasteiger partial charge in [0.1, 0.15) is 4.21 Å². The van der Waals surface area contributed by atoms with E-state index in [2.05, 4.69) is 27.3 Å². The van der Waals surface area contributed by atoms with Gasteiger partial charge in [0.25, 0.3) is 10.0 Å². The van der Waals surface area contributed by atoms with E-state index in [1.165, 1.54) is 5.38 Å². The zero-order valence-electron chi connectivity index (χ0n) is 9.33. The lowest BCUT2D eigenvalue weighted by atomic mass is 10.3. The van der Waals surface area contributed by atoms with Crippen molar-refractivity contribution in [3.63, 3.8) is 0 Å². The van der Waals surface area contributed by atoms with Crippen LogP contribution in [0.1, 0.15) is 10.4 Å². The molecule has 1 aromatic heterocycles. The highest BCUT2D eigenvalue weighted by molar-refractivity contribution is 14.1. The number of carboxylic acid groups (broad SMARTS) is 1. The van der Waals surface area contributed by atoms with Crippen molar-refractivity contribution in [1.29, 1.82) is 0 Å². The average molecular weight is 409 g/mol. The SMILES string of the molecule is O=C(O)c1csc(S(=O)(=O)Nc2ccc(I)cc2)c1. The Morgan fingerprint density at radius 3 is 2.42 bits per heavy atom. The summed E-state index contributed by atoms with van der Waals surface area (Å²) in [5.41, 5.74) is 0.402. The van der Waals surface area contributed by atoms with Crippen LogP contribution in [0.25, 0.3) is 0 Å². The Kier molecular flexibility index (Phi) is 4.11. The second-order valence-corrected chi connectivity index (χ2v) is 7.64. The Morgan fingerprint density at radius 2 is 1.89 bits per heavy atom. The van der Waals surface area contributed by atoms with E-state index >= 15 is 0 Å². The van der Waals surface area contributed by atoms with Crippen molar-refractivity contribution < 1.29 is 18.3 Å². The fourth-order valence-corrected chi connectivity index (χ4v) is 3.86. The molecule has 2 N–H and O–H groups in total. The molecular weight excluding hydrogens is 401 g/mol. The first-order valence-electron chi connectivity index (χ1n) is 4.99. The molecule has 2 rings (SSSR count). The maximum Gasteiger partial charge on any atom is 0.336 e. The summed E-state index contributed by atoms with van der Waals surface area (Å²) < 4.78 is 27.4. The molecule has 2 aromatic rings. The van der Waals surface area contributed by atoms with Gasteiger partial charge in [0.15, 0.2) is 0 Å². The van der Waals surface area contributed by atoms with Crippen molar-refractivity contribution in [2.24, 2.45) is 0 Å². The lowest BCUT2D eigenvalue weighted by Gasteiger charge is -2.05. The average Bonchev–Trinajstić information content (AvgIpc) is 2.82. The minimum atomic E-state index is -3.74. The van der Waals surface area contributed by atoms with E-state index in [9.17, 15) is 13.2 Å². The number of carbonyl (C=O) groups is 1. The number of anilines is 1. The Labute approximate surface area is 127 Å². The number of nitrogens with one attached hydrogen (secondary N) is 1. The van der Waals surface area contributed by atoms with E-state index in [-0.39, 0.29) is 9.77 Å². The molecule has 0 saturated carbocycles. The van der Waals surface area contributed by atoms with E-state index in [0.29, 0.717) is 5.69 Å². The minimum Gasteiger partial charge on any atom is -0.478 e. The van der Waals surface area contributed by atoms with Gasteiger partial charge in [-0.2, -0.15) is 0 Å². The molecule has 0 atom stereocenters. The smallest absolute Gasteiger partial charge is 0.336 e. The van der Waals surface area contributed by atoms with Gasteiger partial charge in [-0.05, 0) is 52.9 Å². The second kappa shape index (κ2) is 5.47. The number of hydrogen-bond acceptors (Lipinski definition) is 4. The Morgan fingerprint density at radius 1 is 1.26 bits per heavy atom. The first-order chi connectivity index (χ1) is 8.88. The van der Waals surface area contributed by atoms with Crippen LogP contribution in [0.5, 0.6) is 0 Å². The number of rotatable bonds is 4. The second-order valence-electron chi connectivity index (χ2n) is 3.57. The van der Waals surface area contributed by atoms with Gasteiger partial charge in [0, 0.05) is 14.6 Å². The highest BCUT2D eigenvalue weighted by Gasteiger charge is 2.18. The van der Waals surface area contributed by atoms with E-state index in [4.69, 9.17) is 5.11 Å². The van der Waals surface area contributed by atoms with Crippen LogP contribution in [0.4, 0.5) is 5.69 Å². The van der Waals surface area contributed by atoms with Crippen LogP contribution in [0.15, 0.2) is 39.9 Å². The standard InChI is InChI=1S/C11H8INO4S2/c12-8-1-3-9(4-2-8)13-19(16,17)10-5-7(6-18-10)11(14)15/h1-6,13H,(H,14,15). The van der Waals surface area contributed by atoms with Gasteiger partial charge in [0.05, 0.1) is 5.56 Å². The van der Waals surface area contributed by atoms with Crippen LogP contribution < -0.4 is 4.72 Å². The topological polar surface area (TPSA) is 83.5 Å². The Balaban J connectivity index is 2.26. The van der Waals surface area contributed by atoms with Gasteiger partial charge in [-0.3, -0.25) is 4.72 Å². The molecule has 0 aliphatic carbocycles. The summed E-state index contributed by atoms with van der Waals surface area (Å²) in [7, 11) is -3.74. The van der Waals surface area contributed by atoms with Gasteiger partial charge in [-0.25, -0.2) is 13.2 Å². The van der Waals surface area contributed by atoms with Crippen molar-refractivity contribution in [2.75, 3.05) is 4.72 Å². The third-order valence-electron chi connectivity index (χ3n) is 2.18. The molecule has 0 spiro atoms. The quantitative estimate of drug-likeness (QED) is 0.761. The van der Waals surface area contributed by atoms with Gasteiger partial charge in [0.2, 0.25) is 0 Å². The molecular formula is C11H8INO4S2. The zero-order chi connectivity index (χ0) is 14.0. The minimum absolute atomic E-state index is 0.0246. The molecule has 1 heterocycles. The molecule has 0 unspecified atom stereocenters. The molecule has 100 valence electrons. The van der Waals surface area contributed by atoms with Crippen LogP contribution >= 0.6 is 33.9 Å². The molecule has 0 aliphatic rings. The number of aromatic carboxylic acids is 1. The number of halogens is 1. The maximum atomic E-state index is 12.0. The van der Waals surface area contributed by atoms with E-state index in [1.54, 1.807) is 24.3 Å². The van der Waals surface area contributed by atoms with Crippen LogP contribution in [0, 0.1) is 3.57 Å². The van der Waals surface area contributed by atoms with Crippen LogP contribution in [-0.4, -0.2) is 19.5 Å². The summed E-state index contributed by atoms with van der Waals surface area (Å²) in [5.74, 6) is -1.15. The molecule has 8 heteroatoms. The summed E-state index contributed by atoms with van der Waals surface area (Å²) in [6, 6.07) is 7.98. The predicted octanol–water partition coefficient (Wildman–Crippen LogP) is 2.85. The number of carboxylic acids is 1. The van der Waals surface area contributed by atoms with Crippen LogP contribution in [0.3, 0.4) is 0 Å². The highest BCUT2D eigenvalue weighted by Crippen LogP contribution is 2.23. The van der Waals surface area contributed by atoms with Crippen molar-refractivity contribution in [3.8, 4) is 0 Å². The van der Waals surface area contributed by atoms with Crippen molar-refractivity contribution >= 4 is 55.6 Å². The van der Waals surface area contributed by atoms with E-state index in [1.807, 2.05) is 0 Å². The normalized spacial score (nSPS) is 11.2. The van der Waals surface area contributed by atoms with Gasteiger partial charge in [-0.1, -0.05) is 0 Å². The fraction of sp³-hybridized carbons (Fsp3) is 0. The third kappa shape index (κ3) is 3.45. The molecule has 0 bridgehead atoms. The maximum absolute atomic E-state index is 12.0. The molecule has 5 nitrogen and oxygen atoms in total. The van der Waals surface area contributed by atoms with E-state index in [0.717, 1.165) is 21.0 Å². The van der Waals surface area contributed by atoms with Gasteiger partial charge < -0.3 is 5.11 Å². The summed E-state index contributed by atoms with van der Waals surface area (Å²) in [6.45, 7) is 0. The van der Waals surface area contributed by atoms with Crippen molar-refractivity contribution in [2.45, 2.75) is 4.21 Å². The molecule has 19 heavy (non-hydrogen) atoms. The number of thiophene rings is 1. The molecule has 0 amide bonds. The lowest BCUT2D eigenvalue weighted by Crippen LogP contribution is -2.11. The number of benzene rings is 1.